The molecule has 1 aliphatic carbocycles. The van der Waals surface area contributed by atoms with Gasteiger partial charge >= 0.3 is 0 Å². The quantitative estimate of drug-likeness (QED) is 0.115. The van der Waals surface area contributed by atoms with Gasteiger partial charge in [-0.3, -0.25) is 9.59 Å². The molecular weight excluding hydrogens is 400 g/mol. The maximum absolute atomic E-state index is 12.6. The van der Waals surface area contributed by atoms with Crippen LogP contribution in [-0.4, -0.2) is 25.8 Å². The molecule has 0 bridgehead atoms. The standard InChI is InChI=1S/C28H46O4/c1-5-6-7-8-9-10-11-12-13-14-15-16-17-18-19-20-21-22-24-23(2)25(29)27(31-3)28(32-4)26(24)30/h12-13H,5-11,14-22H2,1-4H3. The van der Waals surface area contributed by atoms with Gasteiger partial charge in [0.25, 0.3) is 0 Å². The Morgan fingerprint density at radius 1 is 0.625 bits per heavy atom. The Bertz CT molecular complexity index is 654. The lowest BCUT2D eigenvalue weighted by atomic mass is 9.89. The third-order valence-electron chi connectivity index (χ3n) is 6.28. The van der Waals surface area contributed by atoms with Gasteiger partial charge in [0.15, 0.2) is 0 Å². The first-order chi connectivity index (χ1) is 15.6. The number of methoxy groups -OCH3 is 2. The van der Waals surface area contributed by atoms with E-state index < -0.39 is 0 Å². The molecule has 0 radical (unpaired) electrons. The third kappa shape index (κ3) is 10.2. The smallest absolute Gasteiger partial charge is 0.228 e. The number of ketones is 2. The van der Waals surface area contributed by atoms with Gasteiger partial charge < -0.3 is 9.47 Å². The van der Waals surface area contributed by atoms with Crippen molar-refractivity contribution in [3.63, 3.8) is 0 Å². The number of allylic oxidation sites excluding steroid dienone is 4. The van der Waals surface area contributed by atoms with Crippen LogP contribution in [0.15, 0.2) is 34.8 Å². The van der Waals surface area contributed by atoms with Crippen LogP contribution in [0.25, 0.3) is 0 Å². The number of Topliss-reactive ketones (excluding diaryl/α,β-unsaturated/α-hetero) is 2. The molecule has 0 aromatic rings. The summed E-state index contributed by atoms with van der Waals surface area (Å²) in [6.45, 7) is 3.98. The number of carbonyl (C=O) groups is 2. The Morgan fingerprint density at radius 2 is 1.06 bits per heavy atom. The highest BCUT2D eigenvalue weighted by molar-refractivity contribution is 6.23. The predicted octanol–water partition coefficient (Wildman–Crippen LogP) is 7.78. The highest BCUT2D eigenvalue weighted by Gasteiger charge is 2.34. The number of rotatable bonds is 19. The fourth-order valence-corrected chi connectivity index (χ4v) is 4.22. The molecule has 0 saturated heterocycles. The van der Waals surface area contributed by atoms with E-state index in [1.807, 2.05) is 0 Å². The second kappa shape index (κ2) is 17.7. The van der Waals surface area contributed by atoms with Gasteiger partial charge in [-0.15, -0.1) is 0 Å². The number of unbranched alkanes of at least 4 members (excludes halogenated alkanes) is 13. The van der Waals surface area contributed by atoms with Gasteiger partial charge in [-0.05, 0) is 45.4 Å². The van der Waals surface area contributed by atoms with Crippen molar-refractivity contribution >= 4 is 11.6 Å². The number of hydrogen-bond acceptors (Lipinski definition) is 4. The second-order valence-electron chi connectivity index (χ2n) is 8.87. The third-order valence-corrected chi connectivity index (χ3v) is 6.28. The molecule has 0 saturated carbocycles. The van der Waals surface area contributed by atoms with Gasteiger partial charge in [0.2, 0.25) is 23.1 Å². The van der Waals surface area contributed by atoms with Crippen molar-refractivity contribution in [2.24, 2.45) is 0 Å². The van der Waals surface area contributed by atoms with Gasteiger partial charge in [-0.25, -0.2) is 0 Å². The maximum atomic E-state index is 12.6. The summed E-state index contributed by atoms with van der Waals surface area (Å²) in [6.07, 6.45) is 24.3. The minimum atomic E-state index is -0.236. The summed E-state index contributed by atoms with van der Waals surface area (Å²) in [5.74, 6) is -0.374. The minimum Gasteiger partial charge on any atom is -0.489 e. The molecule has 4 heteroatoms. The Morgan fingerprint density at radius 3 is 1.56 bits per heavy atom. The highest BCUT2D eigenvalue weighted by atomic mass is 16.5. The summed E-state index contributed by atoms with van der Waals surface area (Å²) >= 11 is 0. The zero-order valence-electron chi connectivity index (χ0n) is 21.1. The van der Waals surface area contributed by atoms with Crippen molar-refractivity contribution in [1.82, 2.24) is 0 Å². The molecule has 0 N–H and O–H groups in total. The van der Waals surface area contributed by atoms with Crippen LogP contribution in [0.2, 0.25) is 0 Å². The topological polar surface area (TPSA) is 52.6 Å². The lowest BCUT2D eigenvalue weighted by molar-refractivity contribution is -0.121. The van der Waals surface area contributed by atoms with Gasteiger partial charge in [0, 0.05) is 11.1 Å². The molecule has 0 spiro atoms. The van der Waals surface area contributed by atoms with Crippen molar-refractivity contribution in [3.05, 3.63) is 34.8 Å². The molecule has 1 rings (SSSR count). The van der Waals surface area contributed by atoms with E-state index in [0.29, 0.717) is 17.6 Å². The van der Waals surface area contributed by atoms with E-state index in [1.54, 1.807) is 6.92 Å². The Labute approximate surface area is 196 Å². The molecule has 0 atom stereocenters. The Kier molecular flexibility index (Phi) is 15.6. The molecule has 0 aliphatic heterocycles. The number of ether oxygens (including phenoxy) is 2. The van der Waals surface area contributed by atoms with E-state index in [2.05, 4.69) is 19.1 Å². The first-order valence-corrected chi connectivity index (χ1v) is 12.8. The maximum Gasteiger partial charge on any atom is 0.228 e. The Balaban J connectivity index is 2.06. The zero-order valence-corrected chi connectivity index (χ0v) is 21.1. The predicted molar refractivity (Wildman–Crippen MR) is 132 cm³/mol. The molecule has 32 heavy (non-hydrogen) atoms. The summed E-state index contributed by atoms with van der Waals surface area (Å²) in [5, 5.41) is 0. The summed E-state index contributed by atoms with van der Waals surface area (Å²) in [7, 11) is 2.80. The average molecular weight is 447 g/mol. The highest BCUT2D eigenvalue weighted by Crippen LogP contribution is 2.28. The van der Waals surface area contributed by atoms with E-state index in [1.165, 1.54) is 97.7 Å². The lowest BCUT2D eigenvalue weighted by Gasteiger charge is -2.20. The van der Waals surface area contributed by atoms with Crippen molar-refractivity contribution in [1.29, 1.82) is 0 Å². The molecule has 182 valence electrons. The first kappa shape index (κ1) is 28.2. The number of hydrogen-bond donors (Lipinski definition) is 0. The van der Waals surface area contributed by atoms with Crippen LogP contribution in [-0.2, 0) is 19.1 Å². The summed E-state index contributed by atoms with van der Waals surface area (Å²) in [6, 6.07) is 0. The molecular formula is C28H46O4. The minimum absolute atomic E-state index is 0.0241. The van der Waals surface area contributed by atoms with E-state index in [4.69, 9.17) is 9.47 Å². The van der Waals surface area contributed by atoms with Crippen molar-refractivity contribution < 1.29 is 19.1 Å². The van der Waals surface area contributed by atoms with E-state index in [0.717, 1.165) is 12.8 Å². The van der Waals surface area contributed by atoms with Gasteiger partial charge in [-0.2, -0.15) is 0 Å². The molecule has 4 nitrogen and oxygen atoms in total. The second-order valence-corrected chi connectivity index (χ2v) is 8.87. The van der Waals surface area contributed by atoms with Crippen LogP contribution < -0.4 is 0 Å². The van der Waals surface area contributed by atoms with Gasteiger partial charge in [0.1, 0.15) is 0 Å². The largest absolute Gasteiger partial charge is 0.489 e. The van der Waals surface area contributed by atoms with Gasteiger partial charge in [0.05, 0.1) is 14.2 Å². The fourth-order valence-electron chi connectivity index (χ4n) is 4.22. The van der Waals surface area contributed by atoms with Gasteiger partial charge in [-0.1, -0.05) is 83.3 Å². The molecule has 0 aromatic heterocycles. The van der Waals surface area contributed by atoms with Crippen LogP contribution in [0.4, 0.5) is 0 Å². The van der Waals surface area contributed by atoms with Crippen molar-refractivity contribution in [2.75, 3.05) is 14.2 Å². The van der Waals surface area contributed by atoms with Crippen LogP contribution >= 0.6 is 0 Å². The molecule has 1 aliphatic rings. The number of carbonyl (C=O) groups excluding carboxylic acids is 2. The van der Waals surface area contributed by atoms with E-state index >= 15 is 0 Å². The summed E-state index contributed by atoms with van der Waals surface area (Å²) in [5.41, 5.74) is 1.08. The molecule has 0 fully saturated rings. The SMILES string of the molecule is CCCCCCCCC=CCCCCCCCCCC1=C(C)C(=O)C(OC)=C(OC)C1=O. The fraction of sp³-hybridized carbons (Fsp3) is 0.714. The Hall–Kier alpha value is -1.84. The van der Waals surface area contributed by atoms with Crippen LogP contribution in [0.5, 0.6) is 0 Å². The molecule has 0 aromatic carbocycles. The van der Waals surface area contributed by atoms with Crippen LogP contribution in [0, 0.1) is 0 Å². The van der Waals surface area contributed by atoms with E-state index in [-0.39, 0.29) is 23.1 Å². The summed E-state index contributed by atoms with van der Waals surface area (Å²) in [4.78, 5) is 25.0. The molecule has 0 amide bonds. The zero-order chi connectivity index (χ0) is 23.6. The monoisotopic (exact) mass is 446 g/mol. The normalized spacial score (nSPS) is 14.8. The summed E-state index contributed by atoms with van der Waals surface area (Å²) < 4.78 is 10.2. The molecule has 0 unspecified atom stereocenters. The van der Waals surface area contributed by atoms with E-state index in [9.17, 15) is 9.59 Å². The lowest BCUT2D eigenvalue weighted by Crippen LogP contribution is -2.25. The van der Waals surface area contributed by atoms with Crippen molar-refractivity contribution in [2.45, 2.75) is 117 Å². The molecule has 0 heterocycles. The average Bonchev–Trinajstić information content (AvgIpc) is 2.80. The van der Waals surface area contributed by atoms with Crippen molar-refractivity contribution in [3.8, 4) is 0 Å². The van der Waals surface area contributed by atoms with Crippen LogP contribution in [0.1, 0.15) is 117 Å². The first-order valence-electron chi connectivity index (χ1n) is 12.8. The van der Waals surface area contributed by atoms with Crippen LogP contribution in [0.3, 0.4) is 0 Å².